The quantitative estimate of drug-likeness (QED) is 0.578. The Morgan fingerprint density at radius 3 is 2.60 bits per heavy atom. The van der Waals surface area contributed by atoms with E-state index < -0.39 is 28.5 Å². The number of aromatic nitrogens is 1. The molecule has 0 fully saturated rings. The van der Waals surface area contributed by atoms with Crippen LogP contribution in [-0.2, 0) is 19.6 Å². The van der Waals surface area contributed by atoms with Crippen molar-refractivity contribution < 1.29 is 22.7 Å². The molecular weight excluding hydrogens is 393 g/mol. The van der Waals surface area contributed by atoms with Crippen molar-refractivity contribution in [3.8, 4) is 0 Å². The molecule has 0 aliphatic carbocycles. The first-order chi connectivity index (χ1) is 11.7. The number of sulfonamides is 1. The fourth-order valence-corrected chi connectivity index (χ4v) is 2.60. The molecule has 1 heterocycles. The fraction of sp³-hybridized carbons (Fsp3) is 0.0714. The van der Waals surface area contributed by atoms with Crippen LogP contribution in [0.25, 0.3) is 0 Å². The van der Waals surface area contributed by atoms with Gasteiger partial charge in [0.25, 0.3) is 5.91 Å². The highest BCUT2D eigenvalue weighted by atomic mass is 35.5. The highest BCUT2D eigenvalue weighted by molar-refractivity contribution is 7.89. The van der Waals surface area contributed by atoms with Crippen LogP contribution in [0.5, 0.6) is 0 Å². The van der Waals surface area contributed by atoms with Gasteiger partial charge in [0.15, 0.2) is 12.3 Å². The summed E-state index contributed by atoms with van der Waals surface area (Å²) in [6.07, 6.45) is 0. The molecule has 1 aromatic carbocycles. The van der Waals surface area contributed by atoms with E-state index in [0.29, 0.717) is 0 Å². The summed E-state index contributed by atoms with van der Waals surface area (Å²) >= 11 is 11.5. The number of ether oxygens (including phenoxy) is 1. The number of halogens is 2. The van der Waals surface area contributed by atoms with E-state index in [9.17, 15) is 18.0 Å². The number of carbonyl (C=O) groups excluding carboxylic acids is 2. The van der Waals surface area contributed by atoms with Crippen molar-refractivity contribution in [3.63, 3.8) is 0 Å². The second kappa shape index (κ2) is 7.79. The van der Waals surface area contributed by atoms with Gasteiger partial charge in [-0.3, -0.25) is 4.79 Å². The molecule has 0 bridgehead atoms. The first-order valence-corrected chi connectivity index (χ1v) is 8.89. The number of hydrogen-bond acceptors (Lipinski definition) is 6. The second-order valence-electron chi connectivity index (χ2n) is 4.66. The fourth-order valence-electron chi connectivity index (χ4n) is 1.71. The maximum Gasteiger partial charge on any atom is 0.359 e. The van der Waals surface area contributed by atoms with Crippen molar-refractivity contribution in [1.82, 2.24) is 4.98 Å². The average Bonchev–Trinajstić information content (AvgIpc) is 2.54. The lowest BCUT2D eigenvalue weighted by Crippen LogP contribution is -2.22. The third-order valence-electron chi connectivity index (χ3n) is 2.79. The molecule has 0 unspecified atom stereocenters. The van der Waals surface area contributed by atoms with Gasteiger partial charge in [-0.25, -0.2) is 23.3 Å². The van der Waals surface area contributed by atoms with Crippen molar-refractivity contribution >= 4 is 50.8 Å². The zero-order valence-corrected chi connectivity index (χ0v) is 14.7. The number of nitrogens with one attached hydrogen (secondary N) is 1. The summed E-state index contributed by atoms with van der Waals surface area (Å²) in [7, 11) is -3.90. The number of hydrogen-bond donors (Lipinski definition) is 2. The number of anilines is 1. The van der Waals surface area contributed by atoms with E-state index in [0.717, 1.165) is 0 Å². The van der Waals surface area contributed by atoms with Crippen LogP contribution >= 0.6 is 23.2 Å². The normalized spacial score (nSPS) is 11.0. The SMILES string of the molecule is NS(=O)(=O)c1cccc(NC(=O)COC(=O)c2nc(Cl)ccc2Cl)c1. The molecule has 132 valence electrons. The molecule has 1 amide bonds. The van der Waals surface area contributed by atoms with Gasteiger partial charge in [-0.1, -0.05) is 29.3 Å². The Balaban J connectivity index is 1.99. The predicted octanol–water partition coefficient (Wildman–Crippen LogP) is 1.83. The number of amides is 1. The molecule has 8 nitrogen and oxygen atoms in total. The standard InChI is InChI=1S/C14H11Cl2N3O5S/c15-10-4-5-11(16)19-13(10)14(21)24-7-12(20)18-8-2-1-3-9(6-8)25(17,22)23/h1-6H,7H2,(H,18,20)(H2,17,22,23). The summed E-state index contributed by atoms with van der Waals surface area (Å²) in [6, 6.07) is 8.06. The van der Waals surface area contributed by atoms with Crippen LogP contribution in [0.2, 0.25) is 10.2 Å². The molecule has 0 radical (unpaired) electrons. The Bertz CT molecular complexity index is 934. The zero-order chi connectivity index (χ0) is 18.6. The minimum Gasteiger partial charge on any atom is -0.451 e. The number of nitrogens with zero attached hydrogens (tertiary/aromatic N) is 1. The average molecular weight is 404 g/mol. The van der Waals surface area contributed by atoms with Gasteiger partial charge >= 0.3 is 5.97 Å². The summed E-state index contributed by atoms with van der Waals surface area (Å²) in [4.78, 5) is 27.2. The third-order valence-corrected chi connectivity index (χ3v) is 4.21. The number of benzene rings is 1. The molecule has 0 atom stereocenters. The van der Waals surface area contributed by atoms with Gasteiger partial charge in [0, 0.05) is 5.69 Å². The topological polar surface area (TPSA) is 128 Å². The summed E-state index contributed by atoms with van der Waals surface area (Å²) in [5.41, 5.74) is -0.0512. The van der Waals surface area contributed by atoms with E-state index in [1.807, 2.05) is 0 Å². The molecule has 25 heavy (non-hydrogen) atoms. The molecule has 1 aromatic heterocycles. The van der Waals surface area contributed by atoms with Crippen molar-refractivity contribution in [2.75, 3.05) is 11.9 Å². The number of pyridine rings is 1. The maximum atomic E-state index is 11.9. The summed E-state index contributed by atoms with van der Waals surface area (Å²) < 4.78 is 27.3. The molecule has 11 heteroatoms. The van der Waals surface area contributed by atoms with Crippen molar-refractivity contribution in [2.45, 2.75) is 4.90 Å². The van der Waals surface area contributed by atoms with Crippen LogP contribution in [0, 0.1) is 0 Å². The van der Waals surface area contributed by atoms with Crippen LogP contribution in [0.4, 0.5) is 5.69 Å². The lowest BCUT2D eigenvalue weighted by atomic mass is 10.3. The zero-order valence-electron chi connectivity index (χ0n) is 12.4. The van der Waals surface area contributed by atoms with Gasteiger partial charge < -0.3 is 10.1 Å². The number of nitrogens with two attached hydrogens (primary N) is 1. The number of primary sulfonamides is 1. The van der Waals surface area contributed by atoms with E-state index in [1.54, 1.807) is 0 Å². The maximum absolute atomic E-state index is 11.9. The molecule has 2 rings (SSSR count). The Morgan fingerprint density at radius 2 is 1.92 bits per heavy atom. The van der Waals surface area contributed by atoms with E-state index in [2.05, 4.69) is 10.3 Å². The first-order valence-electron chi connectivity index (χ1n) is 6.58. The van der Waals surface area contributed by atoms with Crippen molar-refractivity contribution in [2.24, 2.45) is 5.14 Å². The molecular formula is C14H11Cl2N3O5S. The number of rotatable bonds is 5. The van der Waals surface area contributed by atoms with Crippen molar-refractivity contribution in [3.05, 3.63) is 52.3 Å². The predicted molar refractivity (Wildman–Crippen MR) is 91.0 cm³/mol. The van der Waals surface area contributed by atoms with E-state index >= 15 is 0 Å². The van der Waals surface area contributed by atoms with E-state index in [1.165, 1.54) is 36.4 Å². The van der Waals surface area contributed by atoms with Gasteiger partial charge in [0.2, 0.25) is 10.0 Å². The monoisotopic (exact) mass is 403 g/mol. The number of carbonyl (C=O) groups is 2. The molecule has 0 aliphatic rings. The molecule has 0 saturated carbocycles. The molecule has 3 N–H and O–H groups in total. The number of esters is 1. The Kier molecular flexibility index (Phi) is 5.96. The first kappa shape index (κ1) is 19.1. The lowest BCUT2D eigenvalue weighted by Gasteiger charge is -2.08. The Labute approximate surface area is 152 Å². The van der Waals surface area contributed by atoms with Crippen LogP contribution in [0.15, 0.2) is 41.3 Å². The Morgan fingerprint density at radius 1 is 1.20 bits per heavy atom. The minimum atomic E-state index is -3.90. The van der Waals surface area contributed by atoms with Gasteiger partial charge in [0.1, 0.15) is 5.15 Å². The summed E-state index contributed by atoms with van der Waals surface area (Å²) in [5, 5.41) is 7.44. The largest absolute Gasteiger partial charge is 0.451 e. The summed E-state index contributed by atoms with van der Waals surface area (Å²) in [5.74, 6) is -1.63. The van der Waals surface area contributed by atoms with Crippen LogP contribution in [0.1, 0.15) is 10.5 Å². The van der Waals surface area contributed by atoms with E-state index in [-0.39, 0.29) is 26.5 Å². The lowest BCUT2D eigenvalue weighted by molar-refractivity contribution is -0.119. The van der Waals surface area contributed by atoms with Gasteiger partial charge in [-0.15, -0.1) is 0 Å². The van der Waals surface area contributed by atoms with Gasteiger partial charge in [-0.2, -0.15) is 0 Å². The van der Waals surface area contributed by atoms with Gasteiger partial charge in [0.05, 0.1) is 9.92 Å². The molecule has 2 aromatic rings. The highest BCUT2D eigenvalue weighted by Gasteiger charge is 2.16. The second-order valence-corrected chi connectivity index (χ2v) is 7.02. The van der Waals surface area contributed by atoms with Crippen LogP contribution < -0.4 is 10.5 Å². The Hall–Kier alpha value is -2.20. The van der Waals surface area contributed by atoms with Crippen molar-refractivity contribution in [1.29, 1.82) is 0 Å². The molecule has 0 spiro atoms. The van der Waals surface area contributed by atoms with E-state index in [4.69, 9.17) is 33.1 Å². The van der Waals surface area contributed by atoms with Gasteiger partial charge in [-0.05, 0) is 30.3 Å². The van der Waals surface area contributed by atoms with Crippen LogP contribution in [0.3, 0.4) is 0 Å². The molecule has 0 aliphatic heterocycles. The smallest absolute Gasteiger partial charge is 0.359 e. The molecule has 0 saturated heterocycles. The minimum absolute atomic E-state index is 0.0238. The summed E-state index contributed by atoms with van der Waals surface area (Å²) in [6.45, 7) is -0.636. The highest BCUT2D eigenvalue weighted by Crippen LogP contribution is 2.18. The third kappa shape index (κ3) is 5.40. The van der Waals surface area contributed by atoms with Crippen LogP contribution in [-0.4, -0.2) is 31.9 Å².